The van der Waals surface area contributed by atoms with Gasteiger partial charge in [0.05, 0.1) is 17.7 Å². The highest BCUT2D eigenvalue weighted by atomic mass is 127. The molecule has 0 unspecified atom stereocenters. The van der Waals surface area contributed by atoms with Crippen LogP contribution in [0.2, 0.25) is 0 Å². The van der Waals surface area contributed by atoms with E-state index in [2.05, 4.69) is 53.3 Å². The Kier molecular flexibility index (Phi) is 8.14. The second-order valence-electron chi connectivity index (χ2n) is 6.34. The Bertz CT molecular complexity index is 659. The Balaban J connectivity index is 0.00000288. The van der Waals surface area contributed by atoms with Crippen LogP contribution in [0.25, 0.3) is 0 Å². The summed E-state index contributed by atoms with van der Waals surface area (Å²) in [6.45, 7) is 9.66. The molecule has 2 aromatic rings. The largest absolute Gasteiger partial charge is 0.443 e. The summed E-state index contributed by atoms with van der Waals surface area (Å²) in [5, 5.41) is 7.61. The van der Waals surface area contributed by atoms with Crippen LogP contribution in [0, 0.1) is 6.92 Å². The molecule has 0 saturated heterocycles. The van der Waals surface area contributed by atoms with Crippen molar-refractivity contribution in [3.05, 3.63) is 33.9 Å². The lowest BCUT2D eigenvalue weighted by Gasteiger charge is -2.13. The van der Waals surface area contributed by atoms with Gasteiger partial charge in [0.15, 0.2) is 5.96 Å². The van der Waals surface area contributed by atoms with Gasteiger partial charge in [0.25, 0.3) is 0 Å². The van der Waals surface area contributed by atoms with Crippen molar-refractivity contribution in [3.63, 3.8) is 0 Å². The quantitative estimate of drug-likeness (QED) is 0.405. The predicted molar refractivity (Wildman–Crippen MR) is 109 cm³/mol. The van der Waals surface area contributed by atoms with E-state index < -0.39 is 0 Å². The third kappa shape index (κ3) is 6.39. The molecule has 0 aliphatic heterocycles. The SMILES string of the molecule is CN=C(NCCc1ncc(C)s1)NCc1ncc(C(C)(C)C)o1.I. The number of hydrogen-bond donors (Lipinski definition) is 2. The third-order valence-electron chi connectivity index (χ3n) is 3.22. The summed E-state index contributed by atoms with van der Waals surface area (Å²) in [6.07, 6.45) is 4.58. The molecule has 2 rings (SSSR count). The number of rotatable bonds is 5. The Labute approximate surface area is 164 Å². The summed E-state index contributed by atoms with van der Waals surface area (Å²) >= 11 is 1.73. The van der Waals surface area contributed by atoms with Gasteiger partial charge >= 0.3 is 0 Å². The van der Waals surface area contributed by atoms with Crippen LogP contribution in [0.1, 0.15) is 42.3 Å². The maximum atomic E-state index is 5.75. The second-order valence-corrected chi connectivity index (χ2v) is 7.65. The van der Waals surface area contributed by atoms with Crippen molar-refractivity contribution in [3.8, 4) is 0 Å². The molecule has 0 aliphatic rings. The van der Waals surface area contributed by atoms with E-state index >= 15 is 0 Å². The van der Waals surface area contributed by atoms with Crippen molar-refractivity contribution >= 4 is 41.3 Å². The van der Waals surface area contributed by atoms with E-state index in [1.54, 1.807) is 24.6 Å². The average molecular weight is 463 g/mol. The fourth-order valence-electron chi connectivity index (χ4n) is 1.92. The van der Waals surface area contributed by atoms with Crippen LogP contribution in [0.4, 0.5) is 0 Å². The first-order chi connectivity index (χ1) is 10.9. The van der Waals surface area contributed by atoms with Crippen molar-refractivity contribution in [2.75, 3.05) is 13.6 Å². The molecule has 2 N–H and O–H groups in total. The summed E-state index contributed by atoms with van der Waals surface area (Å²) < 4.78 is 5.75. The average Bonchev–Trinajstić information content (AvgIpc) is 3.11. The number of aromatic nitrogens is 2. The lowest BCUT2D eigenvalue weighted by Crippen LogP contribution is -2.37. The summed E-state index contributed by atoms with van der Waals surface area (Å²) in [5.74, 6) is 2.28. The first kappa shape index (κ1) is 20.9. The maximum Gasteiger partial charge on any atom is 0.213 e. The molecule has 0 radical (unpaired) electrons. The predicted octanol–water partition coefficient (Wildman–Crippen LogP) is 3.26. The zero-order valence-corrected chi connectivity index (χ0v) is 18.0. The minimum atomic E-state index is -0.0307. The number of nitrogens with zero attached hydrogens (tertiary/aromatic N) is 3. The maximum absolute atomic E-state index is 5.75. The minimum absolute atomic E-state index is 0. The van der Waals surface area contributed by atoms with Gasteiger partial charge in [-0.3, -0.25) is 4.99 Å². The molecule has 0 aromatic carbocycles. The highest BCUT2D eigenvalue weighted by Crippen LogP contribution is 2.22. The fourth-order valence-corrected chi connectivity index (χ4v) is 2.71. The van der Waals surface area contributed by atoms with Crippen LogP contribution in [0.3, 0.4) is 0 Å². The number of halogens is 1. The normalized spacial score (nSPS) is 12.0. The molecule has 0 fully saturated rings. The van der Waals surface area contributed by atoms with Gasteiger partial charge in [-0.05, 0) is 6.92 Å². The number of oxazole rings is 1. The first-order valence-corrected chi connectivity index (χ1v) is 8.51. The van der Waals surface area contributed by atoms with Gasteiger partial charge in [-0.1, -0.05) is 20.8 Å². The number of thiazole rings is 1. The van der Waals surface area contributed by atoms with Crippen LogP contribution in [-0.4, -0.2) is 29.5 Å². The minimum Gasteiger partial charge on any atom is -0.443 e. The molecule has 0 bridgehead atoms. The Hall–Kier alpha value is -1.16. The lowest BCUT2D eigenvalue weighted by atomic mass is 9.94. The molecule has 24 heavy (non-hydrogen) atoms. The molecule has 0 atom stereocenters. The van der Waals surface area contributed by atoms with Gasteiger partial charge in [0.1, 0.15) is 5.76 Å². The number of guanidine groups is 1. The molecule has 0 amide bonds. The zero-order chi connectivity index (χ0) is 16.9. The van der Waals surface area contributed by atoms with E-state index in [1.165, 1.54) is 4.88 Å². The van der Waals surface area contributed by atoms with E-state index in [0.29, 0.717) is 12.4 Å². The zero-order valence-electron chi connectivity index (χ0n) is 14.8. The van der Waals surface area contributed by atoms with Crippen LogP contribution in [0.5, 0.6) is 0 Å². The molecule has 8 heteroatoms. The molecule has 6 nitrogen and oxygen atoms in total. The van der Waals surface area contributed by atoms with Gasteiger partial charge in [0, 0.05) is 36.5 Å². The molecular weight excluding hydrogens is 437 g/mol. The Morgan fingerprint density at radius 2 is 2.00 bits per heavy atom. The van der Waals surface area contributed by atoms with E-state index in [9.17, 15) is 0 Å². The van der Waals surface area contributed by atoms with Crippen molar-refractivity contribution in [1.82, 2.24) is 20.6 Å². The van der Waals surface area contributed by atoms with E-state index in [0.717, 1.165) is 29.7 Å². The van der Waals surface area contributed by atoms with Crippen LogP contribution in [-0.2, 0) is 18.4 Å². The van der Waals surface area contributed by atoms with Crippen molar-refractivity contribution in [1.29, 1.82) is 0 Å². The standard InChI is InChI=1S/C16H25N5OS.HI/c1-11-8-20-14(23-11)6-7-18-15(17-5)21-10-13-19-9-12(22-13)16(2,3)4;/h8-9H,6-7,10H2,1-5H3,(H2,17,18,21);1H. The molecule has 2 heterocycles. The molecule has 0 aliphatic carbocycles. The molecule has 0 saturated carbocycles. The van der Waals surface area contributed by atoms with E-state index in [1.807, 2.05) is 6.20 Å². The summed E-state index contributed by atoms with van der Waals surface area (Å²) in [5.41, 5.74) is -0.0307. The first-order valence-electron chi connectivity index (χ1n) is 7.69. The molecule has 134 valence electrons. The summed E-state index contributed by atoms with van der Waals surface area (Å²) in [6, 6.07) is 0. The molecular formula is C16H26IN5OS. The fraction of sp³-hybridized carbons (Fsp3) is 0.562. The van der Waals surface area contributed by atoms with Crippen LogP contribution >= 0.6 is 35.3 Å². The van der Waals surface area contributed by atoms with E-state index in [4.69, 9.17) is 4.42 Å². The number of hydrogen-bond acceptors (Lipinski definition) is 5. The number of aryl methyl sites for hydroxylation is 1. The third-order valence-corrected chi connectivity index (χ3v) is 4.20. The van der Waals surface area contributed by atoms with Crippen molar-refractivity contribution in [2.45, 2.75) is 46.1 Å². The van der Waals surface area contributed by atoms with Gasteiger partial charge in [-0.15, -0.1) is 35.3 Å². The Morgan fingerprint density at radius 1 is 1.25 bits per heavy atom. The smallest absolute Gasteiger partial charge is 0.213 e. The van der Waals surface area contributed by atoms with Gasteiger partial charge < -0.3 is 15.1 Å². The number of aliphatic imine (C=N–C) groups is 1. The number of nitrogens with one attached hydrogen (secondary N) is 2. The highest BCUT2D eigenvalue weighted by Gasteiger charge is 2.19. The van der Waals surface area contributed by atoms with Gasteiger partial charge in [-0.2, -0.15) is 0 Å². The van der Waals surface area contributed by atoms with Crippen molar-refractivity contribution in [2.24, 2.45) is 4.99 Å². The Morgan fingerprint density at radius 3 is 2.54 bits per heavy atom. The lowest BCUT2D eigenvalue weighted by molar-refractivity contribution is 0.379. The molecule has 0 spiro atoms. The van der Waals surface area contributed by atoms with E-state index in [-0.39, 0.29) is 29.4 Å². The second kappa shape index (κ2) is 9.36. The summed E-state index contributed by atoms with van der Waals surface area (Å²) in [4.78, 5) is 14.1. The van der Waals surface area contributed by atoms with Crippen molar-refractivity contribution < 1.29 is 4.42 Å². The highest BCUT2D eigenvalue weighted by molar-refractivity contribution is 14.0. The molecule has 2 aromatic heterocycles. The van der Waals surface area contributed by atoms with Gasteiger partial charge in [-0.25, -0.2) is 9.97 Å². The summed E-state index contributed by atoms with van der Waals surface area (Å²) in [7, 11) is 1.75. The monoisotopic (exact) mass is 463 g/mol. The van der Waals surface area contributed by atoms with Crippen LogP contribution < -0.4 is 10.6 Å². The van der Waals surface area contributed by atoms with Crippen LogP contribution in [0.15, 0.2) is 21.8 Å². The van der Waals surface area contributed by atoms with Gasteiger partial charge in [0.2, 0.25) is 5.89 Å². The topological polar surface area (TPSA) is 75.3 Å².